The molecule has 0 bridgehead atoms. The van der Waals surface area contributed by atoms with Crippen molar-refractivity contribution in [3.63, 3.8) is 0 Å². The molecule has 4 aromatic heterocycles. The highest BCUT2D eigenvalue weighted by molar-refractivity contribution is 7.25. The molecule has 12 rings (SSSR count). The van der Waals surface area contributed by atoms with Crippen molar-refractivity contribution in [1.29, 1.82) is 0 Å². The molecule has 12 aromatic rings. The van der Waals surface area contributed by atoms with E-state index >= 15 is 0 Å². The quantitative estimate of drug-likeness (QED) is 0.176. The number of aromatic nitrogens is 4. The summed E-state index contributed by atoms with van der Waals surface area (Å²) in [6.45, 7) is 0. The topological polar surface area (TPSA) is 56.7 Å². The molecule has 0 aliphatic rings. The molecule has 0 atom stereocenters. The van der Waals surface area contributed by atoms with Crippen LogP contribution in [0.5, 0.6) is 0 Å². The Kier molecular flexibility index (Phi) is 7.03. The summed E-state index contributed by atoms with van der Waals surface area (Å²) in [7, 11) is 0. The van der Waals surface area contributed by atoms with Crippen molar-refractivity contribution in [3.05, 3.63) is 182 Å². The molecule has 266 valence electrons. The van der Waals surface area contributed by atoms with Crippen molar-refractivity contribution in [2.75, 3.05) is 0 Å². The second-order valence-corrected chi connectivity index (χ2v) is 15.4. The lowest BCUT2D eigenvalue weighted by Gasteiger charge is -2.11. The van der Waals surface area contributed by atoms with Crippen LogP contribution in [0.4, 0.5) is 0 Å². The number of rotatable bonds is 5. The maximum atomic E-state index is 6.72. The minimum atomic E-state index is 0.586. The van der Waals surface area contributed by atoms with Crippen LogP contribution in [-0.4, -0.2) is 19.5 Å². The van der Waals surface area contributed by atoms with Gasteiger partial charge in [-0.05, 0) is 71.8 Å². The SMILES string of the molecule is c1ccc(-c2cccc(-c3nc(-c4ccc5c(c4)oc4ccc6c7ccccc7n(-c7ccccc7)c6c45)nc(-c4cccc5sc6ccccc6c45)n3)c2)cc1. The number of hydrogen-bond donors (Lipinski definition) is 0. The van der Waals surface area contributed by atoms with Gasteiger partial charge in [0.2, 0.25) is 0 Å². The molecule has 6 heteroatoms. The van der Waals surface area contributed by atoms with Gasteiger partial charge in [-0.15, -0.1) is 11.3 Å². The minimum absolute atomic E-state index is 0.586. The van der Waals surface area contributed by atoms with Gasteiger partial charge < -0.3 is 8.98 Å². The molecule has 0 saturated heterocycles. The Bertz CT molecular complexity index is 3530. The molecule has 0 saturated carbocycles. The van der Waals surface area contributed by atoms with Crippen LogP contribution in [0.2, 0.25) is 0 Å². The smallest absolute Gasteiger partial charge is 0.164 e. The second-order valence-electron chi connectivity index (χ2n) is 14.4. The summed E-state index contributed by atoms with van der Waals surface area (Å²) in [5.74, 6) is 1.83. The number of thiophene rings is 1. The molecule has 0 N–H and O–H groups in total. The average Bonchev–Trinajstić information content (AvgIpc) is 3.96. The van der Waals surface area contributed by atoms with E-state index in [2.05, 4.69) is 180 Å². The third-order valence-corrected chi connectivity index (χ3v) is 12.2. The Morgan fingerprint density at radius 3 is 1.91 bits per heavy atom. The summed E-state index contributed by atoms with van der Waals surface area (Å²) in [6.07, 6.45) is 0. The largest absolute Gasteiger partial charge is 0.456 e. The van der Waals surface area contributed by atoms with E-state index in [1.54, 1.807) is 11.3 Å². The molecule has 8 aromatic carbocycles. The number of furan rings is 1. The Morgan fingerprint density at radius 1 is 0.404 bits per heavy atom. The summed E-state index contributed by atoms with van der Waals surface area (Å²) in [5.41, 5.74) is 10.0. The fourth-order valence-corrected chi connectivity index (χ4v) is 9.62. The predicted molar refractivity (Wildman–Crippen MR) is 236 cm³/mol. The first-order valence-corrected chi connectivity index (χ1v) is 19.8. The third kappa shape index (κ3) is 5.04. The number of nitrogens with zero attached hydrogens (tertiary/aromatic N) is 4. The van der Waals surface area contributed by atoms with E-state index in [0.717, 1.165) is 71.9 Å². The van der Waals surface area contributed by atoms with Crippen LogP contribution in [0, 0.1) is 0 Å². The molecular weight excluding hydrogens is 717 g/mol. The van der Waals surface area contributed by atoms with Gasteiger partial charge in [0.1, 0.15) is 11.2 Å². The normalized spacial score (nSPS) is 11.9. The highest BCUT2D eigenvalue weighted by atomic mass is 32.1. The monoisotopic (exact) mass is 746 g/mol. The molecule has 57 heavy (non-hydrogen) atoms. The fourth-order valence-electron chi connectivity index (χ4n) is 8.48. The van der Waals surface area contributed by atoms with Crippen molar-refractivity contribution in [1.82, 2.24) is 19.5 Å². The average molecular weight is 747 g/mol. The zero-order valence-electron chi connectivity index (χ0n) is 30.4. The standard InChI is InChI=1S/C51H30N4OS/c1-3-13-31(14-4-1)32-15-11-16-33(29-32)49-52-50(54-51(53-49)40-21-12-24-45-46(40)39-20-8-10-23-44(39)57-45)34-25-26-38-43(30-34)56-42-28-27-37-36-19-7-9-22-41(36)55(48(37)47(38)42)35-17-5-2-6-18-35/h1-30H. The van der Waals surface area contributed by atoms with Crippen LogP contribution < -0.4 is 0 Å². The van der Waals surface area contributed by atoms with Crippen LogP contribution in [0.15, 0.2) is 186 Å². The van der Waals surface area contributed by atoms with Crippen molar-refractivity contribution in [3.8, 4) is 51.0 Å². The maximum Gasteiger partial charge on any atom is 0.164 e. The lowest BCUT2D eigenvalue weighted by Crippen LogP contribution is -2.00. The van der Waals surface area contributed by atoms with Crippen LogP contribution in [0.25, 0.3) is 115 Å². The minimum Gasteiger partial charge on any atom is -0.456 e. The van der Waals surface area contributed by atoms with Gasteiger partial charge in [0, 0.05) is 58.7 Å². The van der Waals surface area contributed by atoms with E-state index in [-0.39, 0.29) is 0 Å². The molecule has 0 radical (unpaired) electrons. The van der Waals surface area contributed by atoms with E-state index in [4.69, 9.17) is 19.4 Å². The number of benzene rings is 8. The Balaban J connectivity index is 1.09. The first-order chi connectivity index (χ1) is 28.2. The van der Waals surface area contributed by atoms with Gasteiger partial charge in [-0.25, -0.2) is 15.0 Å². The number of fused-ring (bicyclic) bond motifs is 10. The van der Waals surface area contributed by atoms with Crippen molar-refractivity contribution < 1.29 is 4.42 Å². The molecule has 5 nitrogen and oxygen atoms in total. The molecule has 0 amide bonds. The fraction of sp³-hybridized carbons (Fsp3) is 0. The van der Waals surface area contributed by atoms with Gasteiger partial charge in [-0.1, -0.05) is 121 Å². The number of hydrogen-bond acceptors (Lipinski definition) is 5. The van der Waals surface area contributed by atoms with Gasteiger partial charge in [0.15, 0.2) is 17.5 Å². The lowest BCUT2D eigenvalue weighted by atomic mass is 10.0. The first kappa shape index (κ1) is 31.9. The Labute approximate surface area is 330 Å². The van der Waals surface area contributed by atoms with Crippen LogP contribution in [0.3, 0.4) is 0 Å². The molecule has 0 fully saturated rings. The molecule has 0 aliphatic carbocycles. The van der Waals surface area contributed by atoms with Gasteiger partial charge in [-0.2, -0.15) is 0 Å². The summed E-state index contributed by atoms with van der Waals surface area (Å²) < 4.78 is 11.5. The van der Waals surface area contributed by atoms with Gasteiger partial charge >= 0.3 is 0 Å². The van der Waals surface area contributed by atoms with Crippen molar-refractivity contribution in [2.24, 2.45) is 0 Å². The predicted octanol–water partition coefficient (Wildman–Crippen LogP) is 13.9. The summed E-state index contributed by atoms with van der Waals surface area (Å²) in [6, 6.07) is 63.7. The van der Waals surface area contributed by atoms with Crippen molar-refractivity contribution in [2.45, 2.75) is 0 Å². The zero-order chi connectivity index (χ0) is 37.5. The zero-order valence-corrected chi connectivity index (χ0v) is 31.2. The Hall–Kier alpha value is -7.41. The molecule has 0 unspecified atom stereocenters. The van der Waals surface area contributed by atoms with Crippen molar-refractivity contribution >= 4 is 75.3 Å². The summed E-state index contributed by atoms with van der Waals surface area (Å²) in [4.78, 5) is 15.7. The summed E-state index contributed by atoms with van der Waals surface area (Å²) >= 11 is 1.79. The van der Waals surface area contributed by atoms with Gasteiger partial charge in [-0.3, -0.25) is 0 Å². The third-order valence-electron chi connectivity index (χ3n) is 11.0. The highest BCUT2D eigenvalue weighted by Gasteiger charge is 2.21. The van der Waals surface area contributed by atoms with Gasteiger partial charge in [0.25, 0.3) is 0 Å². The molecule has 0 aliphatic heterocycles. The molecule has 0 spiro atoms. The molecule has 4 heterocycles. The highest BCUT2D eigenvalue weighted by Crippen LogP contribution is 2.43. The van der Waals surface area contributed by atoms with E-state index in [0.29, 0.717) is 17.5 Å². The van der Waals surface area contributed by atoms with Gasteiger partial charge in [0.05, 0.1) is 16.4 Å². The Morgan fingerprint density at radius 2 is 1.05 bits per heavy atom. The van der Waals surface area contributed by atoms with Crippen LogP contribution >= 0.6 is 11.3 Å². The lowest BCUT2D eigenvalue weighted by molar-refractivity contribution is 0.669. The van der Waals surface area contributed by atoms with E-state index < -0.39 is 0 Å². The first-order valence-electron chi connectivity index (χ1n) is 19.0. The summed E-state index contributed by atoms with van der Waals surface area (Å²) in [5, 5.41) is 6.88. The van der Waals surface area contributed by atoms with E-state index in [1.807, 2.05) is 6.07 Å². The second kappa shape index (κ2) is 12.6. The van der Waals surface area contributed by atoms with Crippen LogP contribution in [-0.2, 0) is 0 Å². The maximum absolute atomic E-state index is 6.72. The van der Waals surface area contributed by atoms with Crippen LogP contribution in [0.1, 0.15) is 0 Å². The van der Waals surface area contributed by atoms with E-state index in [1.165, 1.54) is 25.6 Å². The molecular formula is C51H30N4OS. The van der Waals surface area contributed by atoms with E-state index in [9.17, 15) is 0 Å². The number of para-hydroxylation sites is 2.